The number of rotatable bonds is 9. The largest absolute Gasteiger partial charge is 0.497 e. The molecule has 4 aliphatic carbocycles. The van der Waals surface area contributed by atoms with Crippen LogP contribution in [0.2, 0.25) is 0 Å². The lowest BCUT2D eigenvalue weighted by Gasteiger charge is -2.55. The lowest BCUT2D eigenvalue weighted by molar-refractivity contribution is -0.149. The fraction of sp³-hybridized carbons (Fsp3) is 0.625. The highest BCUT2D eigenvalue weighted by Gasteiger charge is 2.54. The van der Waals surface area contributed by atoms with Gasteiger partial charge in [0.2, 0.25) is 5.91 Å². The van der Waals surface area contributed by atoms with Crippen LogP contribution in [0, 0.1) is 23.2 Å². The highest BCUT2D eigenvalue weighted by Crippen LogP contribution is 2.60. The van der Waals surface area contributed by atoms with Crippen LogP contribution >= 0.6 is 0 Å². The van der Waals surface area contributed by atoms with Crippen LogP contribution in [0.15, 0.2) is 24.3 Å². The molecule has 0 atom stereocenters. The van der Waals surface area contributed by atoms with Crippen molar-refractivity contribution in [3.05, 3.63) is 29.8 Å². The number of esters is 1. The summed E-state index contributed by atoms with van der Waals surface area (Å²) in [6.45, 7) is 0.255. The molecule has 0 aromatic heterocycles. The molecule has 1 aromatic rings. The van der Waals surface area contributed by atoms with E-state index in [1.807, 2.05) is 24.3 Å². The Bertz CT molecular complexity index is 802. The maximum absolute atomic E-state index is 12.9. The number of nitrogens with one attached hydrogen (secondary N) is 2. The van der Waals surface area contributed by atoms with Crippen molar-refractivity contribution in [1.82, 2.24) is 10.6 Å². The lowest BCUT2D eigenvalue weighted by Crippen LogP contribution is -2.53. The van der Waals surface area contributed by atoms with Gasteiger partial charge >= 0.3 is 5.97 Å². The summed E-state index contributed by atoms with van der Waals surface area (Å²) in [6.07, 6.45) is 6.95. The predicted molar refractivity (Wildman–Crippen MR) is 114 cm³/mol. The van der Waals surface area contributed by atoms with E-state index in [4.69, 9.17) is 9.47 Å². The molecule has 168 valence electrons. The summed E-state index contributed by atoms with van der Waals surface area (Å²) in [6, 6.07) is 7.38. The van der Waals surface area contributed by atoms with E-state index in [1.54, 1.807) is 7.11 Å². The molecule has 0 unspecified atom stereocenters. The number of amides is 2. The van der Waals surface area contributed by atoms with E-state index in [0.29, 0.717) is 30.0 Å². The first-order valence-electron chi connectivity index (χ1n) is 11.3. The molecule has 0 heterocycles. The smallest absolute Gasteiger partial charge is 0.308 e. The molecule has 2 amide bonds. The molecule has 2 N–H and O–H groups in total. The highest BCUT2D eigenvalue weighted by atomic mass is 16.5. The average Bonchev–Trinajstić information content (AvgIpc) is 2.75. The van der Waals surface area contributed by atoms with Gasteiger partial charge in [0.15, 0.2) is 6.61 Å². The van der Waals surface area contributed by atoms with Crippen LogP contribution < -0.4 is 15.4 Å². The Balaban J connectivity index is 1.13. The minimum Gasteiger partial charge on any atom is -0.497 e. The van der Waals surface area contributed by atoms with Crippen LogP contribution in [-0.4, -0.2) is 38.0 Å². The lowest BCUT2D eigenvalue weighted by atomic mass is 9.49. The van der Waals surface area contributed by atoms with E-state index in [0.717, 1.165) is 24.8 Å². The first kappa shape index (κ1) is 21.7. The van der Waals surface area contributed by atoms with E-state index in [-0.39, 0.29) is 36.8 Å². The molecule has 5 rings (SSSR count). The van der Waals surface area contributed by atoms with Gasteiger partial charge in [0.25, 0.3) is 5.91 Å². The van der Waals surface area contributed by atoms with Crippen LogP contribution in [0.25, 0.3) is 0 Å². The van der Waals surface area contributed by atoms with Gasteiger partial charge in [-0.3, -0.25) is 14.4 Å². The second-order valence-electron chi connectivity index (χ2n) is 9.49. The average molecular weight is 429 g/mol. The van der Waals surface area contributed by atoms with Gasteiger partial charge in [-0.05, 0) is 74.0 Å². The summed E-state index contributed by atoms with van der Waals surface area (Å²) in [7, 11) is 1.59. The predicted octanol–water partition coefficient (Wildman–Crippen LogP) is 2.58. The normalized spacial score (nSPS) is 28.1. The van der Waals surface area contributed by atoms with Crippen molar-refractivity contribution in [3.8, 4) is 5.75 Å². The molecule has 31 heavy (non-hydrogen) atoms. The zero-order valence-electron chi connectivity index (χ0n) is 18.2. The number of hydrogen-bond donors (Lipinski definition) is 2. The second kappa shape index (κ2) is 9.28. The molecule has 1 aromatic carbocycles. The summed E-state index contributed by atoms with van der Waals surface area (Å²) >= 11 is 0. The van der Waals surface area contributed by atoms with Crippen molar-refractivity contribution in [2.75, 3.05) is 20.3 Å². The summed E-state index contributed by atoms with van der Waals surface area (Å²) in [5.74, 6) is 2.09. The van der Waals surface area contributed by atoms with Gasteiger partial charge in [-0.1, -0.05) is 12.1 Å². The Labute approximate surface area is 183 Å². The minimum atomic E-state index is -0.484. The summed E-state index contributed by atoms with van der Waals surface area (Å²) in [5, 5.41) is 5.68. The molecule has 4 bridgehead atoms. The maximum atomic E-state index is 12.9. The van der Waals surface area contributed by atoms with E-state index in [1.165, 1.54) is 19.3 Å². The standard InChI is InChI=1S/C24H32N2O5/c1-30-20-4-2-3-16(10-20)14-26-21(27)15-31-22(28)5-6-25-23(29)24-11-17-7-18(12-24)9-19(8-17)13-24/h2-4,10,17-19H,5-9,11-15H2,1H3,(H,25,29)(H,26,27). The number of carbonyl (C=O) groups excluding carboxylic acids is 3. The fourth-order valence-corrected chi connectivity index (χ4v) is 6.11. The first-order chi connectivity index (χ1) is 15.0. The molecule has 4 aliphatic rings. The number of carbonyl (C=O) groups is 3. The fourth-order valence-electron chi connectivity index (χ4n) is 6.11. The molecular weight excluding hydrogens is 396 g/mol. The van der Waals surface area contributed by atoms with E-state index < -0.39 is 5.97 Å². The van der Waals surface area contributed by atoms with Crippen LogP contribution in [0.3, 0.4) is 0 Å². The zero-order chi connectivity index (χ0) is 21.8. The van der Waals surface area contributed by atoms with Crippen LogP contribution in [0.4, 0.5) is 0 Å². The number of methoxy groups -OCH3 is 1. The maximum Gasteiger partial charge on any atom is 0.308 e. The highest BCUT2D eigenvalue weighted by molar-refractivity contribution is 5.84. The van der Waals surface area contributed by atoms with Gasteiger partial charge in [-0.25, -0.2) is 0 Å². The Morgan fingerprint density at radius 3 is 2.35 bits per heavy atom. The summed E-state index contributed by atoms with van der Waals surface area (Å²) < 4.78 is 10.2. The number of hydrogen-bond acceptors (Lipinski definition) is 5. The van der Waals surface area contributed by atoms with Gasteiger partial charge < -0.3 is 20.1 Å². The van der Waals surface area contributed by atoms with E-state index in [2.05, 4.69) is 10.6 Å². The third-order valence-electron chi connectivity index (χ3n) is 7.12. The van der Waals surface area contributed by atoms with Crippen molar-refractivity contribution in [3.63, 3.8) is 0 Å². The quantitative estimate of drug-likeness (QED) is 0.590. The van der Waals surface area contributed by atoms with Crippen LogP contribution in [-0.2, 0) is 25.7 Å². The summed E-state index contributed by atoms with van der Waals surface area (Å²) in [5.41, 5.74) is 0.685. The van der Waals surface area contributed by atoms with Gasteiger partial charge in [0.05, 0.1) is 13.5 Å². The molecule has 4 fully saturated rings. The molecule has 0 spiro atoms. The summed E-state index contributed by atoms with van der Waals surface area (Å²) in [4.78, 5) is 36.8. The van der Waals surface area contributed by atoms with E-state index >= 15 is 0 Å². The Kier molecular flexibility index (Phi) is 6.49. The van der Waals surface area contributed by atoms with Crippen molar-refractivity contribution < 1.29 is 23.9 Å². The van der Waals surface area contributed by atoms with Gasteiger partial charge in [-0.2, -0.15) is 0 Å². The molecule has 7 heteroatoms. The van der Waals surface area contributed by atoms with Gasteiger partial charge in [0, 0.05) is 18.5 Å². The molecule has 0 radical (unpaired) electrons. The zero-order valence-corrected chi connectivity index (χ0v) is 18.2. The monoisotopic (exact) mass is 428 g/mol. The third kappa shape index (κ3) is 5.20. The molecule has 4 saturated carbocycles. The topological polar surface area (TPSA) is 93.7 Å². The Morgan fingerprint density at radius 1 is 1.03 bits per heavy atom. The first-order valence-corrected chi connectivity index (χ1v) is 11.3. The Hall–Kier alpha value is -2.57. The molecule has 7 nitrogen and oxygen atoms in total. The second-order valence-corrected chi connectivity index (χ2v) is 9.49. The number of benzene rings is 1. The van der Waals surface area contributed by atoms with Crippen LogP contribution in [0.1, 0.15) is 50.5 Å². The van der Waals surface area contributed by atoms with E-state index in [9.17, 15) is 14.4 Å². The minimum absolute atomic E-state index is 0.0707. The van der Waals surface area contributed by atoms with Crippen molar-refractivity contribution in [1.29, 1.82) is 0 Å². The molecule has 0 saturated heterocycles. The number of ether oxygens (including phenoxy) is 2. The van der Waals surface area contributed by atoms with Crippen molar-refractivity contribution in [2.45, 2.75) is 51.5 Å². The molecular formula is C24H32N2O5. The van der Waals surface area contributed by atoms with Crippen molar-refractivity contribution >= 4 is 17.8 Å². The third-order valence-corrected chi connectivity index (χ3v) is 7.12. The Morgan fingerprint density at radius 2 is 1.71 bits per heavy atom. The van der Waals surface area contributed by atoms with Crippen LogP contribution in [0.5, 0.6) is 5.75 Å². The SMILES string of the molecule is COc1cccc(CNC(=O)COC(=O)CCNC(=O)C23CC4CC(CC(C4)C2)C3)c1. The van der Waals surface area contributed by atoms with Crippen molar-refractivity contribution in [2.24, 2.45) is 23.2 Å². The molecule has 0 aliphatic heterocycles. The van der Waals surface area contributed by atoms with Gasteiger partial charge in [0.1, 0.15) is 5.75 Å². The van der Waals surface area contributed by atoms with Gasteiger partial charge in [-0.15, -0.1) is 0 Å².